The number of nitrogens with zero attached hydrogens (tertiary/aromatic N) is 5. The van der Waals surface area contributed by atoms with Gasteiger partial charge in [0.05, 0.1) is 30.0 Å². The van der Waals surface area contributed by atoms with Crippen LogP contribution in [-0.4, -0.2) is 70.6 Å². The average molecular weight is 351 g/mol. The molecule has 134 valence electrons. The molecule has 3 heterocycles. The summed E-state index contributed by atoms with van der Waals surface area (Å²) in [5, 5.41) is 7.53. The summed E-state index contributed by atoms with van der Waals surface area (Å²) in [7, 11) is 1.97. The van der Waals surface area contributed by atoms with Crippen molar-refractivity contribution < 1.29 is 9.59 Å². The zero-order valence-electron chi connectivity index (χ0n) is 14.7. The van der Waals surface area contributed by atoms with Crippen molar-refractivity contribution in [2.24, 2.45) is 0 Å². The maximum atomic E-state index is 12.8. The third-order valence-corrected chi connectivity index (χ3v) is 5.45. The van der Waals surface area contributed by atoms with Gasteiger partial charge in [0.15, 0.2) is 0 Å². The van der Waals surface area contributed by atoms with Gasteiger partial charge in [0.25, 0.3) is 5.91 Å². The van der Waals surface area contributed by atoms with Crippen LogP contribution in [0.25, 0.3) is 0 Å². The maximum absolute atomic E-state index is 12.8. The van der Waals surface area contributed by atoms with Crippen LogP contribution in [0.3, 0.4) is 0 Å². The monoisotopic (exact) mass is 351 g/mol. The minimum atomic E-state index is -0.222. The molecule has 4 rings (SSSR count). The summed E-state index contributed by atoms with van der Waals surface area (Å²) >= 11 is 0. The lowest BCUT2D eigenvalue weighted by Gasteiger charge is -2.46. The van der Waals surface area contributed by atoms with Gasteiger partial charge in [-0.15, -0.1) is 0 Å². The largest absolute Gasteiger partial charge is 0.337 e. The van der Waals surface area contributed by atoms with E-state index in [1.54, 1.807) is 6.07 Å². The van der Waals surface area contributed by atoms with Crippen LogP contribution in [0.15, 0.2) is 48.8 Å². The second-order valence-corrected chi connectivity index (χ2v) is 7.00. The lowest BCUT2D eigenvalue weighted by molar-refractivity contribution is -0.123. The van der Waals surface area contributed by atoms with Crippen molar-refractivity contribution in [1.29, 1.82) is 0 Å². The summed E-state index contributed by atoms with van der Waals surface area (Å²) < 4.78 is 0. The summed E-state index contributed by atoms with van der Waals surface area (Å²) in [6.07, 6.45) is 3.86. The lowest BCUT2D eigenvalue weighted by atomic mass is 9.92. The van der Waals surface area contributed by atoms with Gasteiger partial charge in [-0.3, -0.25) is 14.5 Å². The molecule has 2 fully saturated rings. The maximum Gasteiger partial charge on any atom is 0.255 e. The van der Waals surface area contributed by atoms with Gasteiger partial charge in [0, 0.05) is 25.3 Å². The number of carbonyl (C=O) groups is 2. The molecule has 1 aromatic heterocycles. The number of anilines is 1. The Bertz CT molecular complexity index is 813. The highest BCUT2D eigenvalue weighted by Gasteiger charge is 2.48. The van der Waals surface area contributed by atoms with Crippen LogP contribution < -0.4 is 4.90 Å². The second-order valence-electron chi connectivity index (χ2n) is 7.00. The van der Waals surface area contributed by atoms with Gasteiger partial charge in [0.2, 0.25) is 5.91 Å². The molecule has 1 atom stereocenters. The Morgan fingerprint density at radius 3 is 2.65 bits per heavy atom. The highest BCUT2D eigenvalue weighted by Crippen LogP contribution is 2.33. The molecule has 2 amide bonds. The van der Waals surface area contributed by atoms with Crippen LogP contribution in [0.2, 0.25) is 0 Å². The predicted molar refractivity (Wildman–Crippen MR) is 96.7 cm³/mol. The molecule has 2 aromatic rings. The molecule has 2 saturated heterocycles. The number of rotatable bonds is 2. The van der Waals surface area contributed by atoms with Crippen LogP contribution >= 0.6 is 0 Å². The molecule has 0 unspecified atom stereocenters. The number of likely N-dealkylation sites (N-methyl/N-ethyl adjacent to an activating group) is 1. The van der Waals surface area contributed by atoms with Crippen molar-refractivity contribution >= 4 is 17.5 Å². The smallest absolute Gasteiger partial charge is 0.255 e. The van der Waals surface area contributed by atoms with Crippen LogP contribution in [0.5, 0.6) is 0 Å². The van der Waals surface area contributed by atoms with E-state index < -0.39 is 0 Å². The number of piperazine rings is 1. The van der Waals surface area contributed by atoms with E-state index in [4.69, 9.17) is 0 Å². The highest BCUT2D eigenvalue weighted by atomic mass is 16.2. The molecule has 0 N–H and O–H groups in total. The average Bonchev–Trinajstić information content (AvgIpc) is 3.11. The van der Waals surface area contributed by atoms with Crippen molar-refractivity contribution in [3.8, 4) is 0 Å². The molecule has 2 aliphatic rings. The highest BCUT2D eigenvalue weighted by molar-refractivity contribution is 5.96. The Balaban J connectivity index is 1.56. The fourth-order valence-corrected chi connectivity index (χ4v) is 3.87. The van der Waals surface area contributed by atoms with E-state index in [0.29, 0.717) is 31.7 Å². The quantitative estimate of drug-likeness (QED) is 0.809. The molecule has 0 aliphatic carbocycles. The molecule has 26 heavy (non-hydrogen) atoms. The van der Waals surface area contributed by atoms with Gasteiger partial charge < -0.3 is 9.80 Å². The number of likely N-dealkylation sites (tertiary alicyclic amines) is 1. The van der Waals surface area contributed by atoms with E-state index in [9.17, 15) is 9.59 Å². The predicted octanol–water partition coefficient (Wildman–Crippen LogP) is 1.04. The second kappa shape index (κ2) is 6.49. The molecule has 0 bridgehead atoms. The minimum absolute atomic E-state index is 0.0339. The Labute approximate surface area is 152 Å². The van der Waals surface area contributed by atoms with Gasteiger partial charge in [0.1, 0.15) is 0 Å². The number of hydrogen-bond donors (Lipinski definition) is 0. The lowest BCUT2D eigenvalue weighted by Crippen LogP contribution is -2.64. The molecule has 7 nitrogen and oxygen atoms in total. The van der Waals surface area contributed by atoms with Crippen LogP contribution in [-0.2, 0) is 4.79 Å². The number of benzene rings is 1. The summed E-state index contributed by atoms with van der Waals surface area (Å²) in [5.41, 5.74) is 1.24. The van der Waals surface area contributed by atoms with Crippen molar-refractivity contribution in [3.63, 3.8) is 0 Å². The van der Waals surface area contributed by atoms with Gasteiger partial charge >= 0.3 is 0 Å². The Morgan fingerprint density at radius 1 is 1.12 bits per heavy atom. The standard InChI is InChI=1S/C19H21N5O2/c1-22-12-17(25)24(16-5-3-2-4-6-16)14-19(22)8-10-23(13-19)18(26)15-7-9-20-21-11-15/h2-7,9,11H,8,10,12-14H2,1H3/t19-/m1/s1. The number of carbonyl (C=O) groups excluding carboxylic acids is 2. The molecular formula is C19H21N5O2. The van der Waals surface area contributed by atoms with E-state index >= 15 is 0 Å². The summed E-state index contributed by atoms with van der Waals surface area (Å²) in [6.45, 7) is 2.21. The van der Waals surface area contributed by atoms with Gasteiger partial charge in [-0.25, -0.2) is 0 Å². The summed E-state index contributed by atoms with van der Waals surface area (Å²) in [6, 6.07) is 11.4. The van der Waals surface area contributed by atoms with Crippen molar-refractivity contribution in [1.82, 2.24) is 20.0 Å². The first-order valence-electron chi connectivity index (χ1n) is 8.72. The Kier molecular flexibility index (Phi) is 4.16. The number of hydrogen-bond acceptors (Lipinski definition) is 5. The first-order chi connectivity index (χ1) is 12.6. The SMILES string of the molecule is CN1CC(=O)N(c2ccccc2)C[C@]12CCN(C(=O)c1ccnnc1)C2. The number of para-hydroxylation sites is 1. The van der Waals surface area contributed by atoms with E-state index in [2.05, 4.69) is 15.1 Å². The van der Waals surface area contributed by atoms with Crippen molar-refractivity contribution in [2.45, 2.75) is 12.0 Å². The Morgan fingerprint density at radius 2 is 1.92 bits per heavy atom. The number of amides is 2. The van der Waals surface area contributed by atoms with Gasteiger partial charge in [-0.1, -0.05) is 18.2 Å². The molecular weight excluding hydrogens is 330 g/mol. The van der Waals surface area contributed by atoms with E-state index in [-0.39, 0.29) is 17.4 Å². The van der Waals surface area contributed by atoms with E-state index in [1.165, 1.54) is 12.4 Å². The summed E-state index contributed by atoms with van der Waals surface area (Å²) in [4.78, 5) is 31.1. The van der Waals surface area contributed by atoms with Crippen LogP contribution in [0.4, 0.5) is 5.69 Å². The zero-order chi connectivity index (χ0) is 18.1. The number of aromatic nitrogens is 2. The first-order valence-corrected chi connectivity index (χ1v) is 8.72. The topological polar surface area (TPSA) is 69.6 Å². The van der Waals surface area contributed by atoms with Crippen LogP contribution in [0, 0.1) is 0 Å². The summed E-state index contributed by atoms with van der Waals surface area (Å²) in [5.74, 6) is 0.0563. The van der Waals surface area contributed by atoms with Gasteiger partial charge in [-0.05, 0) is 31.7 Å². The Hall–Kier alpha value is -2.80. The minimum Gasteiger partial charge on any atom is -0.337 e. The molecule has 7 heteroatoms. The molecule has 1 aromatic carbocycles. The normalized spacial score (nSPS) is 23.7. The first kappa shape index (κ1) is 16.7. The van der Waals surface area contributed by atoms with E-state index in [0.717, 1.165) is 12.1 Å². The third-order valence-electron chi connectivity index (χ3n) is 5.45. The van der Waals surface area contributed by atoms with Crippen LogP contribution in [0.1, 0.15) is 16.8 Å². The van der Waals surface area contributed by atoms with Crippen molar-refractivity contribution in [3.05, 3.63) is 54.4 Å². The molecule has 0 saturated carbocycles. The molecule has 0 radical (unpaired) electrons. The van der Waals surface area contributed by atoms with Crippen molar-refractivity contribution in [2.75, 3.05) is 38.1 Å². The zero-order valence-corrected chi connectivity index (χ0v) is 14.7. The molecule has 1 spiro atoms. The van der Waals surface area contributed by atoms with Gasteiger partial charge in [-0.2, -0.15) is 10.2 Å². The third kappa shape index (κ3) is 2.84. The van der Waals surface area contributed by atoms with E-state index in [1.807, 2.05) is 47.2 Å². The molecule has 2 aliphatic heterocycles. The fourth-order valence-electron chi connectivity index (χ4n) is 3.87. The fraction of sp³-hybridized carbons (Fsp3) is 0.368.